The molecule has 164 valence electrons. The molecule has 0 bridgehead atoms. The van der Waals surface area contributed by atoms with Gasteiger partial charge in [0.2, 0.25) is 0 Å². The SMILES string of the molecule is CCOC(=O)N1CCC(NC(=NC)NCc2ccccc2OC(F)(F)F)CC1.I. The van der Waals surface area contributed by atoms with Gasteiger partial charge in [-0.3, -0.25) is 4.99 Å². The van der Waals surface area contributed by atoms with Crippen LogP contribution in [-0.2, 0) is 11.3 Å². The first-order chi connectivity index (χ1) is 13.3. The highest BCUT2D eigenvalue weighted by Gasteiger charge is 2.32. The number of hydrogen-bond acceptors (Lipinski definition) is 4. The average Bonchev–Trinajstić information content (AvgIpc) is 2.65. The lowest BCUT2D eigenvalue weighted by molar-refractivity contribution is -0.274. The fourth-order valence-electron chi connectivity index (χ4n) is 2.86. The lowest BCUT2D eigenvalue weighted by Crippen LogP contribution is -2.49. The van der Waals surface area contributed by atoms with Crippen molar-refractivity contribution in [1.29, 1.82) is 0 Å². The number of aliphatic imine (C=N–C) groups is 1. The van der Waals surface area contributed by atoms with Gasteiger partial charge in [0.1, 0.15) is 5.75 Å². The van der Waals surface area contributed by atoms with Gasteiger partial charge in [0, 0.05) is 38.3 Å². The molecule has 0 unspecified atom stereocenters. The molecule has 0 spiro atoms. The van der Waals surface area contributed by atoms with E-state index in [1.807, 2.05) is 0 Å². The number of ether oxygens (including phenoxy) is 2. The molecule has 1 aliphatic heterocycles. The van der Waals surface area contributed by atoms with Crippen LogP contribution in [0.4, 0.5) is 18.0 Å². The average molecular weight is 530 g/mol. The van der Waals surface area contributed by atoms with Crippen molar-refractivity contribution in [3.05, 3.63) is 29.8 Å². The molecule has 0 saturated carbocycles. The van der Waals surface area contributed by atoms with Crippen LogP contribution >= 0.6 is 24.0 Å². The van der Waals surface area contributed by atoms with E-state index in [0.717, 1.165) is 0 Å². The maximum atomic E-state index is 12.5. The molecular formula is C18H26F3IN4O3. The lowest BCUT2D eigenvalue weighted by atomic mass is 10.1. The topological polar surface area (TPSA) is 75.2 Å². The van der Waals surface area contributed by atoms with Gasteiger partial charge in [-0.1, -0.05) is 18.2 Å². The van der Waals surface area contributed by atoms with Crippen LogP contribution in [0.2, 0.25) is 0 Å². The Morgan fingerprint density at radius 2 is 1.93 bits per heavy atom. The summed E-state index contributed by atoms with van der Waals surface area (Å²) in [6.07, 6.45) is -3.63. The summed E-state index contributed by atoms with van der Waals surface area (Å²) in [6, 6.07) is 6.04. The largest absolute Gasteiger partial charge is 0.573 e. The lowest BCUT2D eigenvalue weighted by Gasteiger charge is -2.32. The molecule has 1 amide bonds. The summed E-state index contributed by atoms with van der Waals surface area (Å²) >= 11 is 0. The molecule has 29 heavy (non-hydrogen) atoms. The second-order valence-corrected chi connectivity index (χ2v) is 6.19. The molecule has 1 heterocycles. The predicted octanol–water partition coefficient (Wildman–Crippen LogP) is 3.49. The third-order valence-corrected chi connectivity index (χ3v) is 4.23. The number of guanidine groups is 1. The van der Waals surface area contributed by atoms with Crippen LogP contribution in [0, 0.1) is 0 Å². The Morgan fingerprint density at radius 1 is 1.28 bits per heavy atom. The monoisotopic (exact) mass is 530 g/mol. The Bertz CT molecular complexity index is 681. The van der Waals surface area contributed by atoms with Crippen LogP contribution in [0.25, 0.3) is 0 Å². The van der Waals surface area contributed by atoms with Crippen LogP contribution in [0.1, 0.15) is 25.3 Å². The number of nitrogens with zero attached hydrogens (tertiary/aromatic N) is 2. The van der Waals surface area contributed by atoms with Crippen LogP contribution in [0.5, 0.6) is 5.75 Å². The van der Waals surface area contributed by atoms with Gasteiger partial charge in [-0.25, -0.2) is 4.79 Å². The van der Waals surface area contributed by atoms with Crippen LogP contribution in [-0.4, -0.2) is 56.1 Å². The molecule has 0 aliphatic carbocycles. The van der Waals surface area contributed by atoms with Crippen molar-refractivity contribution in [2.24, 2.45) is 4.99 Å². The fourth-order valence-corrected chi connectivity index (χ4v) is 2.86. The Balaban J connectivity index is 0.00000420. The van der Waals surface area contributed by atoms with Crippen LogP contribution < -0.4 is 15.4 Å². The zero-order valence-corrected chi connectivity index (χ0v) is 18.6. The first kappa shape index (κ1) is 25.1. The number of hydrogen-bond donors (Lipinski definition) is 2. The van der Waals surface area contributed by atoms with Gasteiger partial charge in [-0.05, 0) is 25.8 Å². The van der Waals surface area contributed by atoms with Crippen molar-refractivity contribution < 1.29 is 27.4 Å². The summed E-state index contributed by atoms with van der Waals surface area (Å²) in [5.41, 5.74) is 0.361. The standard InChI is InChI=1S/C18H25F3N4O3.HI/c1-3-27-17(26)25-10-8-14(9-11-25)24-16(22-2)23-12-13-6-4-5-7-15(13)28-18(19,20)21;/h4-7,14H,3,8-12H2,1-2H3,(H2,22,23,24);1H. The zero-order chi connectivity index (χ0) is 20.6. The van der Waals surface area contributed by atoms with Crippen molar-refractivity contribution in [1.82, 2.24) is 15.5 Å². The Labute approximate surface area is 185 Å². The van der Waals surface area contributed by atoms with Crippen molar-refractivity contribution in [3.8, 4) is 5.75 Å². The Kier molecular flexibility index (Phi) is 10.3. The van der Waals surface area contributed by atoms with E-state index in [9.17, 15) is 18.0 Å². The summed E-state index contributed by atoms with van der Waals surface area (Å²) < 4.78 is 46.6. The van der Waals surface area contributed by atoms with E-state index in [1.54, 1.807) is 31.0 Å². The highest BCUT2D eigenvalue weighted by Crippen LogP contribution is 2.26. The number of benzene rings is 1. The molecule has 1 fully saturated rings. The molecule has 2 rings (SSSR count). The number of piperidine rings is 1. The number of nitrogens with one attached hydrogen (secondary N) is 2. The van der Waals surface area contributed by atoms with E-state index < -0.39 is 6.36 Å². The molecule has 7 nitrogen and oxygen atoms in total. The minimum Gasteiger partial charge on any atom is -0.450 e. The quantitative estimate of drug-likeness (QED) is 0.347. The van der Waals surface area contributed by atoms with E-state index in [4.69, 9.17) is 4.74 Å². The molecule has 0 aromatic heterocycles. The number of para-hydroxylation sites is 1. The summed E-state index contributed by atoms with van der Waals surface area (Å²) in [5, 5.41) is 6.23. The summed E-state index contributed by atoms with van der Waals surface area (Å²) in [6.45, 7) is 3.35. The van der Waals surface area contributed by atoms with Gasteiger partial charge in [0.15, 0.2) is 5.96 Å². The molecular weight excluding hydrogens is 504 g/mol. The van der Waals surface area contributed by atoms with Crippen molar-refractivity contribution in [3.63, 3.8) is 0 Å². The summed E-state index contributed by atoms with van der Waals surface area (Å²) in [5.74, 6) is 0.220. The first-order valence-electron chi connectivity index (χ1n) is 9.05. The van der Waals surface area contributed by atoms with E-state index in [0.29, 0.717) is 44.1 Å². The minimum atomic E-state index is -4.75. The van der Waals surface area contributed by atoms with E-state index >= 15 is 0 Å². The van der Waals surface area contributed by atoms with E-state index in [2.05, 4.69) is 20.4 Å². The predicted molar refractivity (Wildman–Crippen MR) is 113 cm³/mol. The number of rotatable bonds is 5. The number of likely N-dealkylation sites (tertiary alicyclic amines) is 1. The van der Waals surface area contributed by atoms with E-state index in [-0.39, 0.29) is 48.4 Å². The first-order valence-corrected chi connectivity index (χ1v) is 9.05. The number of alkyl halides is 3. The van der Waals surface area contributed by atoms with Gasteiger partial charge in [0.05, 0.1) is 6.61 Å². The van der Waals surface area contributed by atoms with Gasteiger partial charge < -0.3 is 25.0 Å². The Hall–Kier alpha value is -1.92. The van der Waals surface area contributed by atoms with Gasteiger partial charge in [-0.15, -0.1) is 37.1 Å². The normalized spacial score (nSPS) is 15.3. The molecule has 2 N–H and O–H groups in total. The number of carbonyl (C=O) groups is 1. The third kappa shape index (κ3) is 8.54. The van der Waals surface area contributed by atoms with Gasteiger partial charge >= 0.3 is 12.5 Å². The fraction of sp³-hybridized carbons (Fsp3) is 0.556. The van der Waals surface area contributed by atoms with Crippen molar-refractivity contribution >= 4 is 36.0 Å². The molecule has 11 heteroatoms. The maximum absolute atomic E-state index is 12.5. The van der Waals surface area contributed by atoms with Gasteiger partial charge in [-0.2, -0.15) is 0 Å². The number of amides is 1. The van der Waals surface area contributed by atoms with Crippen molar-refractivity contribution in [2.45, 2.75) is 38.7 Å². The smallest absolute Gasteiger partial charge is 0.450 e. The third-order valence-electron chi connectivity index (χ3n) is 4.23. The second-order valence-electron chi connectivity index (χ2n) is 6.19. The van der Waals surface area contributed by atoms with Crippen LogP contribution in [0.3, 0.4) is 0 Å². The molecule has 1 aliphatic rings. The second kappa shape index (κ2) is 11.9. The van der Waals surface area contributed by atoms with Gasteiger partial charge in [0.25, 0.3) is 0 Å². The van der Waals surface area contributed by atoms with E-state index in [1.165, 1.54) is 12.1 Å². The highest BCUT2D eigenvalue weighted by molar-refractivity contribution is 14.0. The maximum Gasteiger partial charge on any atom is 0.573 e. The van der Waals surface area contributed by atoms with Crippen LogP contribution in [0.15, 0.2) is 29.3 Å². The number of carbonyl (C=O) groups excluding carboxylic acids is 1. The zero-order valence-electron chi connectivity index (χ0n) is 16.3. The minimum absolute atomic E-state index is 0. The molecule has 0 atom stereocenters. The molecule has 1 saturated heterocycles. The number of halogens is 4. The highest BCUT2D eigenvalue weighted by atomic mass is 127. The molecule has 1 aromatic carbocycles. The Morgan fingerprint density at radius 3 is 2.52 bits per heavy atom. The van der Waals surface area contributed by atoms with Crippen molar-refractivity contribution in [2.75, 3.05) is 26.7 Å². The summed E-state index contributed by atoms with van der Waals surface area (Å²) in [7, 11) is 1.58. The molecule has 0 radical (unpaired) electrons. The molecule has 1 aromatic rings. The summed E-state index contributed by atoms with van der Waals surface area (Å²) in [4.78, 5) is 17.5.